The number of amides is 1. The average Bonchev–Trinajstić information content (AvgIpc) is 2.98. The molecule has 138 valence electrons. The predicted octanol–water partition coefficient (Wildman–Crippen LogP) is 2.50. The second-order valence-electron chi connectivity index (χ2n) is 7.92. The molecule has 1 aliphatic carbocycles. The van der Waals surface area contributed by atoms with Crippen molar-refractivity contribution in [3.63, 3.8) is 0 Å². The highest BCUT2D eigenvalue weighted by Gasteiger charge is 2.37. The zero-order valence-electron chi connectivity index (χ0n) is 15.5. The van der Waals surface area contributed by atoms with Gasteiger partial charge in [-0.25, -0.2) is 0 Å². The summed E-state index contributed by atoms with van der Waals surface area (Å²) in [5.41, 5.74) is 5.58. The topological polar surface area (TPSA) is 37.7 Å². The van der Waals surface area contributed by atoms with Crippen LogP contribution in [0, 0.1) is 6.92 Å². The van der Waals surface area contributed by atoms with Gasteiger partial charge < -0.3 is 14.2 Å². The van der Waals surface area contributed by atoms with E-state index < -0.39 is 0 Å². The summed E-state index contributed by atoms with van der Waals surface area (Å²) in [6, 6.07) is 7.07. The fraction of sp³-hybridized carbons (Fsp3) is 0.571. The average molecular weight is 353 g/mol. The van der Waals surface area contributed by atoms with E-state index in [0.717, 1.165) is 52.2 Å². The van der Waals surface area contributed by atoms with Gasteiger partial charge in [0.2, 0.25) is 5.91 Å². The third-order valence-corrected chi connectivity index (χ3v) is 6.31. The Kier molecular flexibility index (Phi) is 4.02. The molecule has 1 saturated heterocycles. The molecule has 2 aromatic rings. The Hall–Kier alpha value is -1.85. The van der Waals surface area contributed by atoms with Crippen LogP contribution in [0.5, 0.6) is 0 Å². The number of aromatic nitrogens is 1. The summed E-state index contributed by atoms with van der Waals surface area (Å²) in [6.45, 7) is 7.68. The summed E-state index contributed by atoms with van der Waals surface area (Å²) in [4.78, 5) is 17.5. The summed E-state index contributed by atoms with van der Waals surface area (Å²) in [7, 11) is 0. The molecule has 0 bridgehead atoms. The van der Waals surface area contributed by atoms with Crippen molar-refractivity contribution in [3.8, 4) is 0 Å². The van der Waals surface area contributed by atoms with Crippen molar-refractivity contribution in [1.29, 1.82) is 0 Å². The molecule has 0 unspecified atom stereocenters. The Morgan fingerprint density at radius 2 is 2.04 bits per heavy atom. The molecule has 0 saturated carbocycles. The quantitative estimate of drug-likeness (QED) is 0.833. The molecule has 1 atom stereocenters. The number of carbonyl (C=O) groups is 1. The Balaban J connectivity index is 1.48. The van der Waals surface area contributed by atoms with Gasteiger partial charge in [0, 0.05) is 42.8 Å². The number of aryl methyl sites for hydroxylation is 2. The summed E-state index contributed by atoms with van der Waals surface area (Å²) in [5, 5.41) is 1.41. The smallest absolute Gasteiger partial charge is 0.237 e. The van der Waals surface area contributed by atoms with E-state index in [4.69, 9.17) is 4.74 Å². The number of hydrogen-bond donors (Lipinski definition) is 0. The summed E-state index contributed by atoms with van der Waals surface area (Å²) < 4.78 is 7.91. The van der Waals surface area contributed by atoms with Crippen LogP contribution in [0.1, 0.15) is 35.7 Å². The van der Waals surface area contributed by atoms with Gasteiger partial charge in [-0.15, -0.1) is 0 Å². The van der Waals surface area contributed by atoms with Crippen LogP contribution in [0.2, 0.25) is 0 Å². The van der Waals surface area contributed by atoms with Crippen LogP contribution in [0.3, 0.4) is 0 Å². The Morgan fingerprint density at radius 3 is 2.88 bits per heavy atom. The normalized spacial score (nSPS) is 23.3. The van der Waals surface area contributed by atoms with Crippen LogP contribution < -0.4 is 0 Å². The van der Waals surface area contributed by atoms with E-state index in [-0.39, 0.29) is 11.9 Å². The van der Waals surface area contributed by atoms with Crippen molar-refractivity contribution in [2.24, 2.45) is 0 Å². The van der Waals surface area contributed by atoms with Crippen molar-refractivity contribution in [3.05, 3.63) is 35.0 Å². The SMILES string of the molecule is Cc1ccc2c(c1)c1c3n2CCN(C(=O)CN2CCOCC2)[C@@H]3CCC1. The molecule has 1 aromatic carbocycles. The highest BCUT2D eigenvalue weighted by Crippen LogP contribution is 2.42. The molecular weight excluding hydrogens is 326 g/mol. The number of carbonyl (C=O) groups excluding carboxylic acids is 1. The van der Waals surface area contributed by atoms with Gasteiger partial charge in [-0.05, 0) is 43.9 Å². The van der Waals surface area contributed by atoms with Crippen LogP contribution in [-0.2, 0) is 22.5 Å². The molecule has 1 fully saturated rings. The second-order valence-corrected chi connectivity index (χ2v) is 7.92. The monoisotopic (exact) mass is 353 g/mol. The van der Waals surface area contributed by atoms with Crippen LogP contribution in [0.4, 0.5) is 0 Å². The van der Waals surface area contributed by atoms with Gasteiger partial charge in [0.15, 0.2) is 0 Å². The fourth-order valence-electron chi connectivity index (χ4n) is 5.06. The van der Waals surface area contributed by atoms with Crippen LogP contribution in [0.25, 0.3) is 10.9 Å². The van der Waals surface area contributed by atoms with Crippen molar-refractivity contribution < 1.29 is 9.53 Å². The van der Waals surface area contributed by atoms with Gasteiger partial charge >= 0.3 is 0 Å². The maximum atomic E-state index is 13.1. The molecule has 0 spiro atoms. The molecule has 0 N–H and O–H groups in total. The molecule has 26 heavy (non-hydrogen) atoms. The van der Waals surface area contributed by atoms with Gasteiger partial charge in [-0.3, -0.25) is 9.69 Å². The molecule has 1 amide bonds. The van der Waals surface area contributed by atoms with Gasteiger partial charge in [0.25, 0.3) is 0 Å². The highest BCUT2D eigenvalue weighted by molar-refractivity contribution is 5.88. The first-order valence-corrected chi connectivity index (χ1v) is 9.93. The largest absolute Gasteiger partial charge is 0.379 e. The van der Waals surface area contributed by atoms with Gasteiger partial charge in [0.05, 0.1) is 25.8 Å². The van der Waals surface area contributed by atoms with E-state index >= 15 is 0 Å². The lowest BCUT2D eigenvalue weighted by Gasteiger charge is -2.41. The Bertz CT molecular complexity index is 851. The van der Waals surface area contributed by atoms with Crippen molar-refractivity contribution in [2.45, 2.75) is 38.8 Å². The van der Waals surface area contributed by atoms with Gasteiger partial charge in [-0.1, -0.05) is 11.6 Å². The van der Waals surface area contributed by atoms with E-state index in [1.807, 2.05) is 0 Å². The number of ether oxygens (including phenoxy) is 1. The molecule has 5 rings (SSSR count). The number of hydrogen-bond acceptors (Lipinski definition) is 3. The maximum Gasteiger partial charge on any atom is 0.237 e. The Labute approximate surface area is 154 Å². The molecular formula is C21H27N3O2. The number of nitrogens with zero attached hydrogens (tertiary/aromatic N) is 3. The lowest BCUT2D eigenvalue weighted by molar-refractivity contribution is -0.137. The first-order chi connectivity index (χ1) is 12.7. The minimum atomic E-state index is 0.258. The molecule has 3 heterocycles. The van der Waals surface area contributed by atoms with E-state index in [1.54, 1.807) is 0 Å². The van der Waals surface area contributed by atoms with E-state index in [9.17, 15) is 4.79 Å². The zero-order valence-corrected chi connectivity index (χ0v) is 15.5. The number of fused-ring (bicyclic) bond motifs is 3. The standard InChI is InChI=1S/C21H27N3O2/c1-15-5-6-18-17(13-15)16-3-2-4-19-21(16)24(18)8-7-23(19)20(25)14-22-9-11-26-12-10-22/h5-6,13,19H,2-4,7-12,14H2,1H3/t19-/m1/s1. The summed E-state index contributed by atoms with van der Waals surface area (Å²) >= 11 is 0. The van der Waals surface area contributed by atoms with Gasteiger partial charge in [0.1, 0.15) is 0 Å². The third-order valence-electron chi connectivity index (χ3n) is 6.31. The number of morpholine rings is 1. The fourth-order valence-corrected chi connectivity index (χ4v) is 5.06. The van der Waals surface area contributed by atoms with E-state index in [2.05, 4.69) is 39.5 Å². The highest BCUT2D eigenvalue weighted by atomic mass is 16.5. The van der Waals surface area contributed by atoms with Crippen molar-refractivity contribution in [2.75, 3.05) is 39.4 Å². The minimum absolute atomic E-state index is 0.258. The summed E-state index contributed by atoms with van der Waals surface area (Å²) in [5.74, 6) is 0.289. The Morgan fingerprint density at radius 1 is 1.19 bits per heavy atom. The molecule has 2 aliphatic heterocycles. The lowest BCUT2D eigenvalue weighted by atomic mass is 9.89. The lowest BCUT2D eigenvalue weighted by Crippen LogP contribution is -2.49. The van der Waals surface area contributed by atoms with Crippen LogP contribution >= 0.6 is 0 Å². The van der Waals surface area contributed by atoms with E-state index in [1.165, 1.54) is 34.1 Å². The van der Waals surface area contributed by atoms with Crippen molar-refractivity contribution >= 4 is 16.8 Å². The maximum absolute atomic E-state index is 13.1. The summed E-state index contributed by atoms with van der Waals surface area (Å²) in [6.07, 6.45) is 3.41. The van der Waals surface area contributed by atoms with E-state index in [0.29, 0.717) is 6.54 Å². The third kappa shape index (κ3) is 2.57. The zero-order chi connectivity index (χ0) is 17.7. The van der Waals surface area contributed by atoms with Gasteiger partial charge in [-0.2, -0.15) is 0 Å². The van der Waals surface area contributed by atoms with Crippen molar-refractivity contribution in [1.82, 2.24) is 14.4 Å². The molecule has 1 aromatic heterocycles. The molecule has 0 radical (unpaired) electrons. The molecule has 3 aliphatic rings. The number of rotatable bonds is 2. The first-order valence-electron chi connectivity index (χ1n) is 9.93. The van der Waals surface area contributed by atoms with Crippen LogP contribution in [-0.4, -0.2) is 59.7 Å². The molecule has 5 nitrogen and oxygen atoms in total. The van der Waals surface area contributed by atoms with Crippen LogP contribution in [0.15, 0.2) is 18.2 Å². The second kappa shape index (κ2) is 6.39. The minimum Gasteiger partial charge on any atom is -0.379 e. The molecule has 5 heteroatoms. The number of benzene rings is 1. The predicted molar refractivity (Wildman–Crippen MR) is 101 cm³/mol. The first kappa shape index (κ1) is 16.3.